The van der Waals surface area contributed by atoms with Crippen LogP contribution in [0.3, 0.4) is 0 Å². The lowest BCUT2D eigenvalue weighted by Gasteiger charge is -2.07. The van der Waals surface area contributed by atoms with Gasteiger partial charge >= 0.3 is 0 Å². The Morgan fingerprint density at radius 2 is 1.87 bits per heavy atom. The number of ketones is 1. The molecule has 0 saturated heterocycles. The zero-order valence-corrected chi connectivity index (χ0v) is 9.67. The Balaban J connectivity index is 2.23. The Morgan fingerprint density at radius 3 is 2.47 bits per heavy atom. The first-order valence-electron chi connectivity index (χ1n) is 4.60. The van der Waals surface area contributed by atoms with Gasteiger partial charge in [-0.25, -0.2) is 0 Å². The molecule has 0 aliphatic rings. The predicted octanol–water partition coefficient (Wildman–Crippen LogP) is 3.60. The van der Waals surface area contributed by atoms with E-state index >= 15 is 0 Å². The molecule has 0 spiro atoms. The average Bonchev–Trinajstić information content (AvgIpc) is 2.82. The van der Waals surface area contributed by atoms with Gasteiger partial charge in [-0.05, 0) is 17.0 Å². The first-order valence-corrected chi connectivity index (χ1v) is 5.99. The average molecular weight is 234 g/mol. The van der Waals surface area contributed by atoms with Crippen molar-refractivity contribution in [1.29, 1.82) is 0 Å². The Hall–Kier alpha value is -1.06. The summed E-state index contributed by atoms with van der Waals surface area (Å²) in [5, 5.41) is 1.54. The highest BCUT2D eigenvalue weighted by Crippen LogP contribution is 2.26. The molecule has 3 heteroatoms. The fraction of sp³-hybridized carbons (Fsp3) is 0.0833. The van der Waals surface area contributed by atoms with Crippen molar-refractivity contribution in [2.24, 2.45) is 0 Å². The summed E-state index contributed by atoms with van der Waals surface area (Å²) in [5.41, 5.74) is 0.944. The topological polar surface area (TPSA) is 17.1 Å². The molecule has 1 atom stereocenters. The minimum atomic E-state index is -0.357. The fourth-order valence-corrected chi connectivity index (χ4v) is 2.43. The number of thiol groups is 1. The zero-order valence-electron chi connectivity index (χ0n) is 7.96. The molecule has 0 aliphatic carbocycles. The maximum atomic E-state index is 11.9. The quantitative estimate of drug-likeness (QED) is 0.634. The van der Waals surface area contributed by atoms with Crippen LogP contribution in [0.5, 0.6) is 0 Å². The van der Waals surface area contributed by atoms with Gasteiger partial charge in [0.1, 0.15) is 0 Å². The Labute approximate surface area is 98.2 Å². The maximum absolute atomic E-state index is 11.9. The van der Waals surface area contributed by atoms with Crippen LogP contribution in [0, 0.1) is 0 Å². The van der Waals surface area contributed by atoms with E-state index in [9.17, 15) is 4.79 Å². The summed E-state index contributed by atoms with van der Waals surface area (Å²) in [6.45, 7) is 0. The van der Waals surface area contributed by atoms with Crippen LogP contribution in [0.4, 0.5) is 0 Å². The van der Waals surface area contributed by atoms with Crippen LogP contribution in [-0.4, -0.2) is 5.78 Å². The summed E-state index contributed by atoms with van der Waals surface area (Å²) in [7, 11) is 0. The van der Waals surface area contributed by atoms with Gasteiger partial charge in [-0.2, -0.15) is 12.6 Å². The number of carbonyl (C=O) groups excluding carboxylic acids is 1. The Morgan fingerprint density at radius 1 is 1.13 bits per heavy atom. The zero-order chi connectivity index (χ0) is 10.7. The van der Waals surface area contributed by atoms with Gasteiger partial charge < -0.3 is 0 Å². The third kappa shape index (κ3) is 2.30. The third-order valence-corrected chi connectivity index (χ3v) is 3.54. The second-order valence-corrected chi connectivity index (χ2v) is 4.62. The Bertz CT molecular complexity index is 434. The number of hydrogen-bond donors (Lipinski definition) is 1. The van der Waals surface area contributed by atoms with Crippen LogP contribution in [0.2, 0.25) is 0 Å². The van der Waals surface area contributed by atoms with Crippen LogP contribution in [0.25, 0.3) is 0 Å². The highest BCUT2D eigenvalue weighted by Gasteiger charge is 2.18. The summed E-state index contributed by atoms with van der Waals surface area (Å²) >= 11 is 5.81. The molecule has 2 aromatic rings. The van der Waals surface area contributed by atoms with Crippen molar-refractivity contribution in [2.45, 2.75) is 5.25 Å². The van der Waals surface area contributed by atoms with Crippen molar-refractivity contribution in [1.82, 2.24) is 0 Å². The molecular formula is C12H10OS2. The number of carbonyl (C=O) groups is 1. The van der Waals surface area contributed by atoms with E-state index in [0.29, 0.717) is 0 Å². The van der Waals surface area contributed by atoms with Crippen LogP contribution in [0.1, 0.15) is 20.5 Å². The standard InChI is InChI=1S/C12H10OS2/c13-11(10-7-4-8-15-10)12(14)9-5-2-1-3-6-9/h1-8,12,14H. The fourth-order valence-electron chi connectivity index (χ4n) is 1.34. The number of thiophene rings is 1. The van der Waals surface area contributed by atoms with E-state index in [2.05, 4.69) is 12.6 Å². The van der Waals surface area contributed by atoms with Crippen molar-refractivity contribution in [3.05, 3.63) is 58.3 Å². The molecule has 0 bridgehead atoms. The largest absolute Gasteiger partial charge is 0.292 e. The summed E-state index contributed by atoms with van der Waals surface area (Å²) in [6, 6.07) is 13.3. The van der Waals surface area contributed by atoms with Crippen LogP contribution >= 0.6 is 24.0 Å². The normalized spacial score (nSPS) is 12.3. The molecule has 15 heavy (non-hydrogen) atoms. The van der Waals surface area contributed by atoms with Gasteiger partial charge in [-0.3, -0.25) is 4.79 Å². The van der Waals surface area contributed by atoms with Gasteiger partial charge in [0.25, 0.3) is 0 Å². The lowest BCUT2D eigenvalue weighted by atomic mass is 10.1. The van der Waals surface area contributed by atoms with Gasteiger partial charge in [-0.15, -0.1) is 11.3 Å². The molecule has 1 aromatic heterocycles. The minimum Gasteiger partial charge on any atom is -0.292 e. The first kappa shape index (κ1) is 10.5. The van der Waals surface area contributed by atoms with Gasteiger partial charge in [0.15, 0.2) is 5.78 Å². The lowest BCUT2D eigenvalue weighted by molar-refractivity contribution is 0.0994. The monoisotopic (exact) mass is 234 g/mol. The van der Waals surface area contributed by atoms with Gasteiger partial charge in [0.2, 0.25) is 0 Å². The van der Waals surface area contributed by atoms with Crippen molar-refractivity contribution in [2.75, 3.05) is 0 Å². The smallest absolute Gasteiger partial charge is 0.189 e. The molecule has 0 fully saturated rings. The summed E-state index contributed by atoms with van der Waals surface area (Å²) in [4.78, 5) is 12.7. The van der Waals surface area contributed by atoms with Gasteiger partial charge in [0, 0.05) is 0 Å². The van der Waals surface area contributed by atoms with E-state index in [1.807, 2.05) is 47.8 Å². The summed E-state index contributed by atoms with van der Waals surface area (Å²) in [6.07, 6.45) is 0. The van der Waals surface area contributed by atoms with Crippen molar-refractivity contribution in [3.8, 4) is 0 Å². The van der Waals surface area contributed by atoms with Crippen LogP contribution in [0.15, 0.2) is 47.8 Å². The molecule has 1 aromatic carbocycles. The van der Waals surface area contributed by atoms with Crippen molar-refractivity contribution in [3.63, 3.8) is 0 Å². The highest BCUT2D eigenvalue weighted by molar-refractivity contribution is 7.81. The molecule has 76 valence electrons. The molecule has 0 aliphatic heterocycles. The molecule has 0 saturated carbocycles. The molecule has 1 unspecified atom stereocenters. The van der Waals surface area contributed by atoms with Crippen LogP contribution < -0.4 is 0 Å². The van der Waals surface area contributed by atoms with E-state index in [-0.39, 0.29) is 11.0 Å². The number of hydrogen-bond acceptors (Lipinski definition) is 3. The summed E-state index contributed by atoms with van der Waals surface area (Å²) in [5.74, 6) is 0.0690. The predicted molar refractivity (Wildman–Crippen MR) is 66.8 cm³/mol. The van der Waals surface area contributed by atoms with Gasteiger partial charge in [-0.1, -0.05) is 36.4 Å². The van der Waals surface area contributed by atoms with E-state index in [0.717, 1.165) is 10.4 Å². The molecular weight excluding hydrogens is 224 g/mol. The summed E-state index contributed by atoms with van der Waals surface area (Å²) < 4.78 is 0. The molecule has 1 heterocycles. The second kappa shape index (κ2) is 4.64. The van der Waals surface area contributed by atoms with E-state index in [1.165, 1.54) is 11.3 Å². The van der Waals surface area contributed by atoms with Crippen molar-refractivity contribution < 1.29 is 4.79 Å². The lowest BCUT2D eigenvalue weighted by Crippen LogP contribution is -2.05. The van der Waals surface area contributed by atoms with Crippen molar-refractivity contribution >= 4 is 29.7 Å². The third-order valence-electron chi connectivity index (χ3n) is 2.13. The number of Topliss-reactive ketones (excluding diaryl/α,β-unsaturated/α-hetero) is 1. The number of rotatable bonds is 3. The first-order chi connectivity index (χ1) is 7.29. The van der Waals surface area contributed by atoms with Crippen LogP contribution in [-0.2, 0) is 0 Å². The molecule has 0 N–H and O–H groups in total. The highest BCUT2D eigenvalue weighted by atomic mass is 32.1. The SMILES string of the molecule is O=C(c1cccs1)C(S)c1ccccc1. The maximum Gasteiger partial charge on any atom is 0.189 e. The molecule has 0 radical (unpaired) electrons. The molecule has 0 amide bonds. The number of benzene rings is 1. The minimum absolute atomic E-state index is 0.0690. The molecule has 2 rings (SSSR count). The van der Waals surface area contributed by atoms with Gasteiger partial charge in [0.05, 0.1) is 10.1 Å². The molecule has 1 nitrogen and oxygen atoms in total. The van der Waals surface area contributed by atoms with E-state index in [1.54, 1.807) is 0 Å². The second-order valence-electron chi connectivity index (χ2n) is 3.15. The van der Waals surface area contributed by atoms with E-state index < -0.39 is 0 Å². The van der Waals surface area contributed by atoms with E-state index in [4.69, 9.17) is 0 Å². The Kier molecular flexibility index (Phi) is 3.23.